The highest BCUT2D eigenvalue weighted by atomic mass is 31.2. The minimum absolute atomic E-state index is 0.00597. The molecule has 1 aliphatic heterocycles. The van der Waals surface area contributed by atoms with Crippen LogP contribution in [-0.4, -0.2) is 46.2 Å². The van der Waals surface area contributed by atoms with Crippen LogP contribution in [0.4, 0.5) is 0 Å². The van der Waals surface area contributed by atoms with Gasteiger partial charge in [-0.3, -0.25) is 18.4 Å². The van der Waals surface area contributed by atoms with Gasteiger partial charge in [-0.05, 0) is 38.9 Å². The summed E-state index contributed by atoms with van der Waals surface area (Å²) in [7, 11) is -5.49. The van der Waals surface area contributed by atoms with Gasteiger partial charge in [-0.2, -0.15) is 0 Å². The van der Waals surface area contributed by atoms with Gasteiger partial charge in [0.1, 0.15) is 6.61 Å². The molecule has 1 saturated heterocycles. The van der Waals surface area contributed by atoms with Crippen LogP contribution in [0.2, 0.25) is 18.1 Å². The van der Waals surface area contributed by atoms with Gasteiger partial charge in [0.2, 0.25) is 5.91 Å². The summed E-state index contributed by atoms with van der Waals surface area (Å²) in [6, 6.07) is -0.0506. The Morgan fingerprint density at radius 2 is 1.71 bits per heavy atom. The molecule has 0 aromatic heterocycles. The van der Waals surface area contributed by atoms with E-state index in [0.717, 1.165) is 0 Å². The summed E-state index contributed by atoms with van der Waals surface area (Å²) in [4.78, 5) is 12.1. The standard InChI is InChI=1S/C19H36NO6PSi/c1-9-23-27(22,24-10-2)25-14-12-11-13-16-17(18(21)20-16)15(3)26-28(7,8)19(4,5)6/h15-17H,9-10,13-14H2,1-8H3,(H,20,21)/t15-,16-,17-/m1/s1. The monoisotopic (exact) mass is 433 g/mol. The minimum atomic E-state index is -3.54. The molecule has 1 heterocycles. The van der Waals surface area contributed by atoms with Gasteiger partial charge in [0.25, 0.3) is 0 Å². The van der Waals surface area contributed by atoms with Crippen molar-refractivity contribution in [3.63, 3.8) is 0 Å². The normalized spacial score (nSPS) is 21.4. The molecule has 162 valence electrons. The maximum Gasteiger partial charge on any atom is 0.475 e. The third-order valence-corrected chi connectivity index (χ3v) is 11.3. The lowest BCUT2D eigenvalue weighted by molar-refractivity contribution is -0.139. The second kappa shape index (κ2) is 10.4. The average Bonchev–Trinajstić information content (AvgIpc) is 2.51. The molecule has 0 spiro atoms. The SMILES string of the molecule is CCOP(=O)(OCC)OCC#CC[C@H]1NC(=O)[C@@H]1[C@@H](C)O[Si](C)(C)C(C)(C)C. The molecule has 1 rings (SSSR count). The molecule has 7 nitrogen and oxygen atoms in total. The zero-order valence-corrected chi connectivity index (χ0v) is 20.4. The van der Waals surface area contributed by atoms with Gasteiger partial charge < -0.3 is 9.74 Å². The highest BCUT2D eigenvalue weighted by Crippen LogP contribution is 2.48. The van der Waals surface area contributed by atoms with Crippen molar-refractivity contribution in [1.29, 1.82) is 0 Å². The summed E-state index contributed by atoms with van der Waals surface area (Å²) in [6.45, 7) is 16.7. The van der Waals surface area contributed by atoms with Gasteiger partial charge in [0, 0.05) is 6.42 Å². The Morgan fingerprint density at radius 3 is 2.18 bits per heavy atom. The van der Waals surface area contributed by atoms with Gasteiger partial charge in [-0.25, -0.2) is 4.57 Å². The van der Waals surface area contributed by atoms with Crippen molar-refractivity contribution >= 4 is 22.0 Å². The Hall–Kier alpha value is -0.683. The van der Waals surface area contributed by atoms with E-state index in [2.05, 4.69) is 51.0 Å². The highest BCUT2D eigenvalue weighted by Gasteiger charge is 2.47. The van der Waals surface area contributed by atoms with Gasteiger partial charge in [-0.15, -0.1) is 0 Å². The summed E-state index contributed by atoms with van der Waals surface area (Å²) < 4.78 is 33.8. The van der Waals surface area contributed by atoms with Crippen molar-refractivity contribution in [3.8, 4) is 11.8 Å². The molecule has 1 fully saturated rings. The second-order valence-corrected chi connectivity index (χ2v) is 14.8. The van der Waals surface area contributed by atoms with Gasteiger partial charge in [0.05, 0.1) is 31.3 Å². The molecule has 0 radical (unpaired) electrons. The molecular formula is C19H36NO6PSi. The van der Waals surface area contributed by atoms with Crippen molar-refractivity contribution in [2.75, 3.05) is 19.8 Å². The summed E-state index contributed by atoms with van der Waals surface area (Å²) in [5.74, 6) is 5.59. The van der Waals surface area contributed by atoms with Crippen molar-refractivity contribution in [1.82, 2.24) is 5.32 Å². The lowest BCUT2D eigenvalue weighted by Crippen LogP contribution is -2.63. The number of β-lactam (4-membered cyclic amide) rings is 1. The van der Waals surface area contributed by atoms with Gasteiger partial charge in [-0.1, -0.05) is 32.6 Å². The van der Waals surface area contributed by atoms with Crippen LogP contribution in [0.1, 0.15) is 48.0 Å². The Bertz CT molecular complexity index is 627. The van der Waals surface area contributed by atoms with Crippen LogP contribution < -0.4 is 5.32 Å². The predicted octanol–water partition coefficient (Wildman–Crippen LogP) is 4.10. The molecule has 1 N–H and O–H groups in total. The second-order valence-electron chi connectivity index (χ2n) is 8.34. The number of rotatable bonds is 10. The molecule has 0 saturated carbocycles. The number of hydrogen-bond acceptors (Lipinski definition) is 6. The molecule has 3 atom stereocenters. The lowest BCUT2D eigenvalue weighted by Gasteiger charge is -2.45. The first-order valence-corrected chi connectivity index (χ1v) is 14.2. The van der Waals surface area contributed by atoms with Crippen LogP contribution in [0.5, 0.6) is 0 Å². The molecule has 9 heteroatoms. The van der Waals surface area contributed by atoms with E-state index in [-0.39, 0.29) is 48.8 Å². The first-order chi connectivity index (χ1) is 12.9. The van der Waals surface area contributed by atoms with E-state index in [1.54, 1.807) is 13.8 Å². The summed E-state index contributed by atoms with van der Waals surface area (Å²) in [6.07, 6.45) is 0.326. The molecular weight excluding hydrogens is 397 g/mol. The van der Waals surface area contributed by atoms with E-state index in [1.807, 2.05) is 6.92 Å². The van der Waals surface area contributed by atoms with E-state index in [1.165, 1.54) is 0 Å². The number of phosphoric ester groups is 1. The van der Waals surface area contributed by atoms with Crippen LogP contribution in [0, 0.1) is 17.8 Å². The Balaban J connectivity index is 2.57. The maximum absolute atomic E-state index is 12.2. The molecule has 0 aromatic carbocycles. The third-order valence-electron chi connectivity index (χ3n) is 5.17. The zero-order valence-electron chi connectivity index (χ0n) is 18.5. The fraction of sp³-hybridized carbons (Fsp3) is 0.842. The Morgan fingerprint density at radius 1 is 1.14 bits per heavy atom. The fourth-order valence-corrected chi connectivity index (χ4v) is 5.17. The van der Waals surface area contributed by atoms with Crippen molar-refractivity contribution < 1.29 is 27.4 Å². The highest BCUT2D eigenvalue weighted by molar-refractivity contribution is 7.48. The van der Waals surface area contributed by atoms with Crippen molar-refractivity contribution in [3.05, 3.63) is 0 Å². The van der Waals surface area contributed by atoms with E-state index >= 15 is 0 Å². The number of carbonyl (C=O) groups excluding carboxylic acids is 1. The number of phosphoric acid groups is 1. The van der Waals surface area contributed by atoms with E-state index in [0.29, 0.717) is 6.42 Å². The number of carbonyl (C=O) groups is 1. The van der Waals surface area contributed by atoms with Crippen LogP contribution in [-0.2, 0) is 27.4 Å². The first kappa shape index (κ1) is 25.4. The number of nitrogens with one attached hydrogen (secondary N) is 1. The molecule has 0 aliphatic carbocycles. The van der Waals surface area contributed by atoms with Gasteiger partial charge >= 0.3 is 7.82 Å². The molecule has 1 aliphatic rings. The summed E-state index contributed by atoms with van der Waals surface area (Å²) >= 11 is 0. The average molecular weight is 434 g/mol. The number of amides is 1. The van der Waals surface area contributed by atoms with Crippen LogP contribution in [0.25, 0.3) is 0 Å². The molecule has 28 heavy (non-hydrogen) atoms. The van der Waals surface area contributed by atoms with E-state index in [4.69, 9.17) is 18.0 Å². The van der Waals surface area contributed by atoms with Crippen LogP contribution in [0.3, 0.4) is 0 Å². The molecule has 0 bridgehead atoms. The smallest absolute Gasteiger partial charge is 0.413 e. The Kier molecular flexibility index (Phi) is 9.40. The summed E-state index contributed by atoms with van der Waals surface area (Å²) in [5, 5.41) is 2.98. The largest absolute Gasteiger partial charge is 0.475 e. The van der Waals surface area contributed by atoms with Crippen molar-refractivity contribution in [2.45, 2.75) is 78.2 Å². The zero-order chi connectivity index (χ0) is 21.6. The quantitative estimate of drug-likeness (QED) is 0.242. The molecule has 1 amide bonds. The van der Waals surface area contributed by atoms with Gasteiger partial charge in [0.15, 0.2) is 8.32 Å². The fourth-order valence-electron chi connectivity index (χ4n) is 2.66. The minimum Gasteiger partial charge on any atom is -0.413 e. The summed E-state index contributed by atoms with van der Waals surface area (Å²) in [5.41, 5.74) is 0. The van der Waals surface area contributed by atoms with Crippen molar-refractivity contribution in [2.24, 2.45) is 5.92 Å². The maximum atomic E-state index is 12.2. The topological polar surface area (TPSA) is 83.1 Å². The third kappa shape index (κ3) is 6.98. The van der Waals surface area contributed by atoms with Crippen LogP contribution in [0.15, 0.2) is 0 Å². The van der Waals surface area contributed by atoms with E-state index < -0.39 is 16.1 Å². The first-order valence-electron chi connectivity index (χ1n) is 9.84. The molecule has 0 unspecified atom stereocenters. The molecule has 0 aromatic rings. The van der Waals surface area contributed by atoms with E-state index in [9.17, 15) is 9.36 Å². The van der Waals surface area contributed by atoms with Crippen LogP contribution >= 0.6 is 7.82 Å². The Labute approximate surface area is 171 Å². The predicted molar refractivity (Wildman–Crippen MR) is 112 cm³/mol. The number of hydrogen-bond donors (Lipinski definition) is 1. The lowest BCUT2D eigenvalue weighted by atomic mass is 9.84.